The lowest BCUT2D eigenvalue weighted by molar-refractivity contribution is -0.385. The number of nitro groups is 2. The number of carbonyl (C=O) groups excluding carboxylic acids is 2. The molecule has 2 aromatic carbocycles. The first-order valence-corrected chi connectivity index (χ1v) is 9.28. The van der Waals surface area contributed by atoms with E-state index in [9.17, 15) is 29.8 Å². The Balaban J connectivity index is 1.85. The molecule has 150 valence electrons. The fraction of sp³-hybridized carbons (Fsp3) is 0.368. The van der Waals surface area contributed by atoms with Gasteiger partial charge < -0.3 is 0 Å². The molecule has 0 N–H and O–H groups in total. The molecule has 0 saturated carbocycles. The molecular formula is C19H18N4O6. The highest BCUT2D eigenvalue weighted by Crippen LogP contribution is 2.36. The first kappa shape index (κ1) is 18.9. The minimum absolute atomic E-state index is 0.0207. The summed E-state index contributed by atoms with van der Waals surface area (Å²) < 4.78 is 0. The monoisotopic (exact) mass is 398 g/mol. The van der Waals surface area contributed by atoms with Gasteiger partial charge >= 0.3 is 0 Å². The maximum atomic E-state index is 13.1. The molecule has 0 bridgehead atoms. The first-order chi connectivity index (χ1) is 13.8. The second-order valence-electron chi connectivity index (χ2n) is 7.41. The average Bonchev–Trinajstić information content (AvgIpc) is 3.23. The van der Waals surface area contributed by atoms with Crippen LogP contribution in [0.4, 0.5) is 11.4 Å². The van der Waals surface area contributed by atoms with Gasteiger partial charge in [-0.1, -0.05) is 0 Å². The van der Waals surface area contributed by atoms with E-state index in [4.69, 9.17) is 0 Å². The minimum Gasteiger partial charge on any atom is -0.299 e. The molecule has 2 aromatic rings. The summed E-state index contributed by atoms with van der Waals surface area (Å²) in [5, 5.41) is 23.0. The van der Waals surface area contributed by atoms with Crippen molar-refractivity contribution in [3.63, 3.8) is 0 Å². The van der Waals surface area contributed by atoms with Crippen LogP contribution in [0.3, 0.4) is 0 Å². The van der Waals surface area contributed by atoms with Crippen LogP contribution in [-0.4, -0.2) is 57.1 Å². The first-order valence-electron chi connectivity index (χ1n) is 9.28. The lowest BCUT2D eigenvalue weighted by Crippen LogP contribution is -2.48. The molecule has 2 amide bonds. The van der Waals surface area contributed by atoms with Gasteiger partial charge in [-0.05, 0) is 38.2 Å². The van der Waals surface area contributed by atoms with Crippen LogP contribution >= 0.6 is 0 Å². The van der Waals surface area contributed by atoms with E-state index in [1.165, 1.54) is 0 Å². The Bertz CT molecular complexity index is 1010. The zero-order valence-electron chi connectivity index (χ0n) is 15.7. The van der Waals surface area contributed by atoms with Gasteiger partial charge in [-0.25, -0.2) is 0 Å². The maximum Gasteiger partial charge on any atom is 0.270 e. The molecule has 1 unspecified atom stereocenters. The number of nitrogens with zero attached hydrogens (tertiary/aromatic N) is 4. The second-order valence-corrected chi connectivity index (χ2v) is 7.41. The molecule has 0 spiro atoms. The quantitative estimate of drug-likeness (QED) is 0.430. The third-order valence-corrected chi connectivity index (χ3v) is 5.60. The van der Waals surface area contributed by atoms with Crippen molar-refractivity contribution in [1.82, 2.24) is 9.80 Å². The highest BCUT2D eigenvalue weighted by atomic mass is 16.6. The number of amides is 2. The molecular weight excluding hydrogens is 380 g/mol. The van der Waals surface area contributed by atoms with Gasteiger partial charge in [-0.2, -0.15) is 0 Å². The lowest BCUT2D eigenvalue weighted by Gasteiger charge is -2.32. The molecule has 0 radical (unpaired) electrons. The van der Waals surface area contributed by atoms with Gasteiger partial charge in [0.15, 0.2) is 0 Å². The molecule has 4 rings (SSSR count). The van der Waals surface area contributed by atoms with Crippen molar-refractivity contribution in [2.45, 2.75) is 25.8 Å². The number of benzene rings is 2. The highest BCUT2D eigenvalue weighted by Gasteiger charge is 2.37. The SMILES string of the molecule is CC(CN1C(=O)c2cc([N+](=O)[O-])cc3cc([N+](=O)[O-])cc(c23)C1=O)N1CCCC1. The van der Waals surface area contributed by atoms with Gasteiger partial charge in [0.2, 0.25) is 0 Å². The topological polar surface area (TPSA) is 127 Å². The number of imide groups is 1. The summed E-state index contributed by atoms with van der Waals surface area (Å²) in [5.74, 6) is -1.23. The Morgan fingerprint density at radius 1 is 0.931 bits per heavy atom. The predicted octanol–water partition coefficient (Wildman–Crippen LogP) is 2.74. The van der Waals surface area contributed by atoms with Gasteiger partial charge in [-0.15, -0.1) is 0 Å². The highest BCUT2D eigenvalue weighted by molar-refractivity contribution is 6.26. The molecule has 0 aromatic heterocycles. The van der Waals surface area contributed by atoms with Gasteiger partial charge in [0, 0.05) is 42.2 Å². The van der Waals surface area contributed by atoms with Gasteiger partial charge in [0.1, 0.15) is 0 Å². The minimum atomic E-state index is -0.657. The smallest absolute Gasteiger partial charge is 0.270 e. The standard InChI is InChI=1S/C19H18N4O6/c1-11(20-4-2-3-5-20)10-21-18(24)15-8-13(22(26)27)6-12-7-14(23(28)29)9-16(17(12)15)19(21)25/h6-9,11H,2-5,10H2,1H3. The molecule has 1 saturated heterocycles. The number of rotatable bonds is 5. The van der Waals surface area contributed by atoms with E-state index in [1.54, 1.807) is 0 Å². The second kappa shape index (κ2) is 6.89. The Hall–Kier alpha value is -3.40. The van der Waals surface area contributed by atoms with Crippen LogP contribution in [0.2, 0.25) is 0 Å². The lowest BCUT2D eigenvalue weighted by atomic mass is 9.92. The molecule has 1 fully saturated rings. The van der Waals surface area contributed by atoms with Crippen LogP contribution in [0, 0.1) is 20.2 Å². The summed E-state index contributed by atoms with van der Waals surface area (Å²) in [6.45, 7) is 3.78. The van der Waals surface area contributed by atoms with E-state index in [1.807, 2.05) is 6.92 Å². The summed E-state index contributed by atoms with van der Waals surface area (Å²) in [6.07, 6.45) is 2.10. The molecule has 10 heteroatoms. The number of carbonyl (C=O) groups is 2. The number of non-ortho nitro benzene ring substituents is 2. The number of hydrogen-bond donors (Lipinski definition) is 0. The Morgan fingerprint density at radius 2 is 1.41 bits per heavy atom. The van der Waals surface area contributed by atoms with Crippen LogP contribution in [0.25, 0.3) is 10.8 Å². The van der Waals surface area contributed by atoms with E-state index < -0.39 is 21.7 Å². The molecule has 0 aliphatic carbocycles. The van der Waals surface area contributed by atoms with Crippen molar-refractivity contribution in [2.24, 2.45) is 0 Å². The van der Waals surface area contributed by atoms with E-state index in [2.05, 4.69) is 4.90 Å². The van der Waals surface area contributed by atoms with Crippen molar-refractivity contribution in [1.29, 1.82) is 0 Å². The summed E-state index contributed by atoms with van der Waals surface area (Å²) >= 11 is 0. The van der Waals surface area contributed by atoms with Crippen molar-refractivity contribution < 1.29 is 19.4 Å². The Labute approximate surface area is 165 Å². The number of likely N-dealkylation sites (tertiary alicyclic amines) is 1. The molecule has 1 atom stereocenters. The van der Waals surface area contributed by atoms with E-state index in [0.29, 0.717) is 0 Å². The van der Waals surface area contributed by atoms with E-state index >= 15 is 0 Å². The maximum absolute atomic E-state index is 13.1. The van der Waals surface area contributed by atoms with E-state index in [0.717, 1.165) is 55.1 Å². The predicted molar refractivity (Wildman–Crippen MR) is 103 cm³/mol. The number of nitro benzene ring substituents is 2. The molecule has 29 heavy (non-hydrogen) atoms. The summed E-state index contributed by atoms with van der Waals surface area (Å²) in [7, 11) is 0. The normalized spacial score (nSPS) is 17.8. The molecule has 10 nitrogen and oxygen atoms in total. The third kappa shape index (κ3) is 3.11. The van der Waals surface area contributed by atoms with Crippen molar-refractivity contribution >= 4 is 34.0 Å². The van der Waals surface area contributed by atoms with E-state index in [-0.39, 0.29) is 45.9 Å². The van der Waals surface area contributed by atoms with Crippen molar-refractivity contribution in [2.75, 3.05) is 19.6 Å². The summed E-state index contributed by atoms with van der Waals surface area (Å²) in [5.41, 5.74) is -0.664. The van der Waals surface area contributed by atoms with Crippen LogP contribution < -0.4 is 0 Å². The summed E-state index contributed by atoms with van der Waals surface area (Å²) in [6, 6.07) is 4.50. The van der Waals surface area contributed by atoms with Crippen LogP contribution in [0.1, 0.15) is 40.5 Å². The Morgan fingerprint density at radius 3 is 1.86 bits per heavy atom. The van der Waals surface area contributed by atoms with Crippen molar-refractivity contribution in [3.05, 3.63) is 55.6 Å². The molecule has 2 heterocycles. The third-order valence-electron chi connectivity index (χ3n) is 5.60. The fourth-order valence-corrected chi connectivity index (χ4v) is 4.14. The van der Waals surface area contributed by atoms with Gasteiger partial charge in [0.05, 0.1) is 21.0 Å². The zero-order chi connectivity index (χ0) is 20.9. The largest absolute Gasteiger partial charge is 0.299 e. The van der Waals surface area contributed by atoms with Gasteiger partial charge in [0.25, 0.3) is 23.2 Å². The van der Waals surface area contributed by atoms with Gasteiger partial charge in [-0.3, -0.25) is 39.6 Å². The van der Waals surface area contributed by atoms with Crippen LogP contribution in [0.15, 0.2) is 24.3 Å². The Kier molecular flexibility index (Phi) is 4.50. The fourth-order valence-electron chi connectivity index (χ4n) is 4.14. The van der Waals surface area contributed by atoms with Crippen LogP contribution in [0.5, 0.6) is 0 Å². The summed E-state index contributed by atoms with van der Waals surface area (Å²) in [4.78, 5) is 50.7. The average molecular weight is 398 g/mol. The number of hydrogen-bond acceptors (Lipinski definition) is 7. The zero-order valence-corrected chi connectivity index (χ0v) is 15.7. The molecule has 2 aliphatic heterocycles. The van der Waals surface area contributed by atoms with Crippen molar-refractivity contribution in [3.8, 4) is 0 Å². The molecule has 2 aliphatic rings. The van der Waals surface area contributed by atoms with Crippen LogP contribution in [-0.2, 0) is 0 Å².